The van der Waals surface area contributed by atoms with Gasteiger partial charge in [0, 0.05) is 6.54 Å². The topological polar surface area (TPSA) is 108 Å². The summed E-state index contributed by atoms with van der Waals surface area (Å²) in [5.41, 5.74) is 11.2. The summed E-state index contributed by atoms with van der Waals surface area (Å²) >= 11 is 0. The van der Waals surface area contributed by atoms with E-state index in [0.717, 1.165) is 5.56 Å². The highest BCUT2D eigenvalue weighted by atomic mass is 16.5. The molecule has 1 rings (SSSR count). The lowest BCUT2D eigenvalue weighted by molar-refractivity contribution is -0.121. The van der Waals surface area contributed by atoms with Gasteiger partial charge in [-0.15, -0.1) is 0 Å². The predicted molar refractivity (Wildman–Crippen MR) is 78.1 cm³/mol. The second kappa shape index (κ2) is 8.11. The molecule has 1 aromatic carbocycles. The molecule has 4 N–H and O–H groups in total. The number of benzene rings is 1. The number of hydrogen-bond acceptors (Lipinski definition) is 5. The molecule has 21 heavy (non-hydrogen) atoms. The van der Waals surface area contributed by atoms with E-state index in [1.807, 2.05) is 6.07 Å². The highest BCUT2D eigenvalue weighted by Gasteiger charge is 2.13. The summed E-state index contributed by atoms with van der Waals surface area (Å²) in [5.74, 6) is 0.416. The van der Waals surface area contributed by atoms with Gasteiger partial charge in [0.05, 0.1) is 27.3 Å². The zero-order valence-corrected chi connectivity index (χ0v) is 12.3. The minimum absolute atomic E-state index is 0.0186. The van der Waals surface area contributed by atoms with E-state index in [-0.39, 0.29) is 13.1 Å². The van der Waals surface area contributed by atoms with Gasteiger partial charge in [-0.2, -0.15) is 0 Å². The van der Waals surface area contributed by atoms with Crippen LogP contribution in [0.5, 0.6) is 11.5 Å². The Morgan fingerprint density at radius 3 is 2.19 bits per heavy atom. The molecule has 1 aromatic rings. The molecule has 0 unspecified atom stereocenters. The molecule has 2 amide bonds. The quantitative estimate of drug-likeness (QED) is 0.639. The summed E-state index contributed by atoms with van der Waals surface area (Å²) in [5, 5.41) is 0. The minimum atomic E-state index is -0.506. The predicted octanol–water partition coefficient (Wildman–Crippen LogP) is -0.481. The van der Waals surface area contributed by atoms with E-state index in [1.165, 1.54) is 0 Å². The first kappa shape index (κ1) is 16.8. The van der Waals surface area contributed by atoms with Crippen molar-refractivity contribution < 1.29 is 19.1 Å². The lowest BCUT2D eigenvalue weighted by atomic mass is 10.1. The Kier molecular flexibility index (Phi) is 6.48. The fourth-order valence-electron chi connectivity index (χ4n) is 2.01. The smallest absolute Gasteiger partial charge is 0.231 e. The Bertz CT molecular complexity index is 489. The van der Waals surface area contributed by atoms with Crippen molar-refractivity contribution in [2.45, 2.75) is 6.42 Å². The van der Waals surface area contributed by atoms with Gasteiger partial charge in [-0.05, 0) is 30.2 Å². The molecule has 116 valence electrons. The average Bonchev–Trinajstić information content (AvgIpc) is 2.43. The van der Waals surface area contributed by atoms with Crippen LogP contribution in [0.3, 0.4) is 0 Å². The molecule has 0 fully saturated rings. The third-order valence-corrected chi connectivity index (χ3v) is 2.94. The van der Waals surface area contributed by atoms with Crippen LogP contribution in [0.1, 0.15) is 5.56 Å². The summed E-state index contributed by atoms with van der Waals surface area (Å²) in [6.07, 6.45) is 0.570. The van der Waals surface area contributed by atoms with Crippen molar-refractivity contribution in [3.05, 3.63) is 23.8 Å². The minimum Gasteiger partial charge on any atom is -0.497 e. The van der Waals surface area contributed by atoms with Crippen LogP contribution in [0.2, 0.25) is 0 Å². The van der Waals surface area contributed by atoms with E-state index < -0.39 is 11.8 Å². The molecule has 0 aliphatic carbocycles. The van der Waals surface area contributed by atoms with Crippen molar-refractivity contribution in [2.24, 2.45) is 11.5 Å². The largest absolute Gasteiger partial charge is 0.497 e. The maximum Gasteiger partial charge on any atom is 0.231 e. The van der Waals surface area contributed by atoms with E-state index in [9.17, 15) is 9.59 Å². The van der Waals surface area contributed by atoms with Crippen LogP contribution in [-0.4, -0.2) is 50.6 Å². The number of hydrogen-bond donors (Lipinski definition) is 2. The van der Waals surface area contributed by atoms with Gasteiger partial charge in [-0.1, -0.05) is 0 Å². The van der Waals surface area contributed by atoms with Crippen molar-refractivity contribution in [3.8, 4) is 11.5 Å². The van der Waals surface area contributed by atoms with Gasteiger partial charge in [0.25, 0.3) is 0 Å². The third kappa shape index (κ3) is 5.70. The standard InChI is InChI=1S/C14H21N3O4/c1-20-11-3-4-12(21-2)10(7-11)5-6-17(8-13(15)18)9-14(16)19/h3-4,7H,5-6,8-9H2,1-2H3,(H2,15,18)(H2,16,19). The van der Waals surface area contributed by atoms with Gasteiger partial charge in [-0.25, -0.2) is 0 Å². The molecule has 0 bridgehead atoms. The number of carbonyl (C=O) groups excluding carboxylic acids is 2. The summed E-state index contributed by atoms with van der Waals surface area (Å²) in [7, 11) is 3.16. The molecule has 7 heteroatoms. The fraction of sp³-hybridized carbons (Fsp3) is 0.429. The Morgan fingerprint density at radius 1 is 1.10 bits per heavy atom. The molecule has 0 aromatic heterocycles. The third-order valence-electron chi connectivity index (χ3n) is 2.94. The summed E-state index contributed by atoms with van der Waals surface area (Å²) < 4.78 is 10.5. The number of amides is 2. The second-order valence-electron chi connectivity index (χ2n) is 4.57. The zero-order chi connectivity index (χ0) is 15.8. The first-order valence-electron chi connectivity index (χ1n) is 6.46. The molecule has 7 nitrogen and oxygen atoms in total. The van der Waals surface area contributed by atoms with E-state index in [4.69, 9.17) is 20.9 Å². The van der Waals surface area contributed by atoms with Crippen LogP contribution in [0, 0.1) is 0 Å². The van der Waals surface area contributed by atoms with Crippen molar-refractivity contribution in [1.29, 1.82) is 0 Å². The Balaban J connectivity index is 2.77. The van der Waals surface area contributed by atoms with Gasteiger partial charge < -0.3 is 20.9 Å². The van der Waals surface area contributed by atoms with Gasteiger partial charge >= 0.3 is 0 Å². The fourth-order valence-corrected chi connectivity index (χ4v) is 2.01. The van der Waals surface area contributed by atoms with Crippen molar-refractivity contribution in [1.82, 2.24) is 4.90 Å². The summed E-state index contributed by atoms with van der Waals surface area (Å²) in [6, 6.07) is 5.46. The van der Waals surface area contributed by atoms with Gasteiger partial charge in [-0.3, -0.25) is 14.5 Å². The number of primary amides is 2. The maximum absolute atomic E-state index is 11.0. The molecule has 0 aliphatic heterocycles. The average molecular weight is 295 g/mol. The zero-order valence-electron chi connectivity index (χ0n) is 12.3. The van der Waals surface area contributed by atoms with Crippen molar-refractivity contribution >= 4 is 11.8 Å². The molecule has 0 spiro atoms. The lowest BCUT2D eigenvalue weighted by Gasteiger charge is -2.19. The molecule has 0 saturated heterocycles. The van der Waals surface area contributed by atoms with E-state index in [1.54, 1.807) is 31.3 Å². The summed E-state index contributed by atoms with van der Waals surface area (Å²) in [6.45, 7) is 0.417. The van der Waals surface area contributed by atoms with E-state index >= 15 is 0 Å². The molecule has 0 radical (unpaired) electrons. The van der Waals surface area contributed by atoms with Gasteiger partial charge in [0.2, 0.25) is 11.8 Å². The number of methoxy groups -OCH3 is 2. The maximum atomic E-state index is 11.0. The van der Waals surface area contributed by atoms with Crippen LogP contribution >= 0.6 is 0 Å². The monoisotopic (exact) mass is 295 g/mol. The van der Waals surface area contributed by atoms with Gasteiger partial charge in [0.1, 0.15) is 11.5 Å². The van der Waals surface area contributed by atoms with E-state index in [0.29, 0.717) is 24.5 Å². The molecular weight excluding hydrogens is 274 g/mol. The highest BCUT2D eigenvalue weighted by Crippen LogP contribution is 2.24. The van der Waals surface area contributed by atoms with Crippen LogP contribution in [0.15, 0.2) is 18.2 Å². The van der Waals surface area contributed by atoms with Crippen LogP contribution in [0.4, 0.5) is 0 Å². The van der Waals surface area contributed by atoms with Crippen LogP contribution in [-0.2, 0) is 16.0 Å². The normalized spacial score (nSPS) is 10.4. The first-order chi connectivity index (χ1) is 9.96. The SMILES string of the molecule is COc1ccc(OC)c(CCN(CC(N)=O)CC(N)=O)c1. The number of ether oxygens (including phenoxy) is 2. The lowest BCUT2D eigenvalue weighted by Crippen LogP contribution is -2.40. The highest BCUT2D eigenvalue weighted by molar-refractivity contribution is 5.79. The van der Waals surface area contributed by atoms with Crippen molar-refractivity contribution in [3.63, 3.8) is 0 Å². The number of nitrogens with two attached hydrogens (primary N) is 2. The number of rotatable bonds is 9. The number of nitrogens with zero attached hydrogens (tertiary/aromatic N) is 1. The number of carbonyl (C=O) groups is 2. The van der Waals surface area contributed by atoms with E-state index in [2.05, 4.69) is 0 Å². The Morgan fingerprint density at radius 2 is 1.71 bits per heavy atom. The molecular formula is C14H21N3O4. The van der Waals surface area contributed by atoms with Crippen LogP contribution < -0.4 is 20.9 Å². The molecule has 0 heterocycles. The molecule has 0 aliphatic rings. The molecule has 0 atom stereocenters. The second-order valence-corrected chi connectivity index (χ2v) is 4.57. The first-order valence-corrected chi connectivity index (χ1v) is 6.46. The molecule has 0 saturated carbocycles. The van der Waals surface area contributed by atoms with Gasteiger partial charge in [0.15, 0.2) is 0 Å². The summed E-state index contributed by atoms with van der Waals surface area (Å²) in [4.78, 5) is 23.6. The Labute approximate surface area is 123 Å². The van der Waals surface area contributed by atoms with Crippen molar-refractivity contribution in [2.75, 3.05) is 33.9 Å². The Hall–Kier alpha value is -2.28. The van der Waals surface area contributed by atoms with Crippen LogP contribution in [0.25, 0.3) is 0 Å².